The first-order valence-electron chi connectivity index (χ1n) is 10.6. The Balaban J connectivity index is 1.82. The van der Waals surface area contributed by atoms with Gasteiger partial charge in [0, 0.05) is 24.9 Å². The predicted octanol–water partition coefficient (Wildman–Crippen LogP) is 2.39. The fourth-order valence-corrected chi connectivity index (χ4v) is 4.77. The number of ether oxygens (including phenoxy) is 2. The summed E-state index contributed by atoms with van der Waals surface area (Å²) in [5.74, 6) is 1.76. The molecule has 1 fully saturated rings. The third kappa shape index (κ3) is 3.49. The van der Waals surface area contributed by atoms with Crippen molar-refractivity contribution < 1.29 is 17.9 Å². The number of rotatable bonds is 4. The van der Waals surface area contributed by atoms with Gasteiger partial charge in [0.25, 0.3) is 0 Å². The zero-order chi connectivity index (χ0) is 23.5. The van der Waals surface area contributed by atoms with E-state index in [1.54, 1.807) is 37.6 Å². The van der Waals surface area contributed by atoms with Crippen LogP contribution in [0.5, 0.6) is 5.75 Å². The van der Waals surface area contributed by atoms with Gasteiger partial charge in [0.05, 0.1) is 30.3 Å². The molecule has 1 unspecified atom stereocenters. The summed E-state index contributed by atoms with van der Waals surface area (Å²) in [5.41, 5.74) is 1.72. The average Bonchev–Trinajstić information content (AvgIpc) is 3.15. The van der Waals surface area contributed by atoms with Crippen LogP contribution in [0.3, 0.4) is 0 Å². The lowest BCUT2D eigenvalue weighted by Crippen LogP contribution is -2.52. The molecule has 0 saturated carbocycles. The van der Waals surface area contributed by atoms with E-state index in [0.717, 1.165) is 5.52 Å². The van der Waals surface area contributed by atoms with Crippen LogP contribution >= 0.6 is 11.6 Å². The second-order valence-corrected chi connectivity index (χ2v) is 11.7. The van der Waals surface area contributed by atoms with Gasteiger partial charge in [-0.3, -0.25) is 0 Å². The van der Waals surface area contributed by atoms with Crippen LogP contribution in [-0.2, 0) is 19.3 Å². The number of nitrogens with zero attached hydrogens (tertiary/aromatic N) is 5. The summed E-state index contributed by atoms with van der Waals surface area (Å²) in [5, 5.41) is 3.63. The zero-order valence-corrected chi connectivity index (χ0v) is 20.4. The molecule has 10 nitrogen and oxygen atoms in total. The van der Waals surface area contributed by atoms with Gasteiger partial charge >= 0.3 is 0 Å². The monoisotopic (exact) mass is 492 g/mol. The Morgan fingerprint density at radius 2 is 2.00 bits per heavy atom. The molecule has 3 aromatic rings. The average molecular weight is 493 g/mol. The Morgan fingerprint density at radius 3 is 2.73 bits per heavy atom. The van der Waals surface area contributed by atoms with Gasteiger partial charge in [-0.15, -0.1) is 0 Å². The topological polar surface area (TPSA) is 111 Å². The fraction of sp³-hybridized carbons (Fsp3) is 0.476. The minimum absolute atomic E-state index is 0.00898. The van der Waals surface area contributed by atoms with Gasteiger partial charge in [-0.05, 0) is 32.0 Å². The SMILES string of the molecule is CNc1nc2cc(Cl)ccc2n1-c1nc2c(c(C(C)(C)S(C)(=O)=O)n1)OCC1COCCN21. The molecular formula is C21H25ClN6O4S. The van der Waals surface area contributed by atoms with Crippen LogP contribution in [-0.4, -0.2) is 73.6 Å². The predicted molar refractivity (Wildman–Crippen MR) is 127 cm³/mol. The van der Waals surface area contributed by atoms with Crippen molar-refractivity contribution in [2.45, 2.75) is 24.6 Å². The van der Waals surface area contributed by atoms with Gasteiger partial charge in [-0.1, -0.05) is 11.6 Å². The summed E-state index contributed by atoms with van der Waals surface area (Å²) < 4.78 is 37.7. The summed E-state index contributed by atoms with van der Waals surface area (Å²) in [4.78, 5) is 16.4. The van der Waals surface area contributed by atoms with Crippen molar-refractivity contribution in [3.63, 3.8) is 0 Å². The van der Waals surface area contributed by atoms with Gasteiger partial charge in [0.15, 0.2) is 21.4 Å². The van der Waals surface area contributed by atoms with Crippen LogP contribution in [0, 0.1) is 0 Å². The summed E-state index contributed by atoms with van der Waals surface area (Å²) in [6.07, 6.45) is 1.20. The van der Waals surface area contributed by atoms with Crippen molar-refractivity contribution >= 4 is 44.2 Å². The fourth-order valence-electron chi connectivity index (χ4n) is 4.11. The standard InChI is InChI=1S/C21H25ClN6O4S/c1-21(2,33(4,29)30)17-16-18(27-7-8-31-10-13(27)11-32-16)26-20(25-17)28-15-6-5-12(22)9-14(15)24-19(28)23-3/h5-6,9,13H,7-8,10-11H2,1-4H3,(H,23,24). The largest absolute Gasteiger partial charge is 0.486 e. The number of sulfone groups is 1. The lowest BCUT2D eigenvalue weighted by Gasteiger charge is -2.41. The maximum absolute atomic E-state index is 12.8. The van der Waals surface area contributed by atoms with Crippen molar-refractivity contribution in [2.75, 3.05) is 49.9 Å². The summed E-state index contributed by atoms with van der Waals surface area (Å²) in [6, 6.07) is 5.35. The molecule has 176 valence electrons. The van der Waals surface area contributed by atoms with Crippen molar-refractivity contribution in [2.24, 2.45) is 0 Å². The molecule has 0 bridgehead atoms. The lowest BCUT2D eigenvalue weighted by molar-refractivity contribution is 0.0691. The summed E-state index contributed by atoms with van der Waals surface area (Å²) in [6.45, 7) is 5.32. The Hall–Kier alpha value is -2.63. The molecule has 1 atom stereocenters. The highest BCUT2D eigenvalue weighted by Gasteiger charge is 2.42. The lowest BCUT2D eigenvalue weighted by atomic mass is 10.1. The second-order valence-electron chi connectivity index (χ2n) is 8.69. The van der Waals surface area contributed by atoms with Crippen molar-refractivity contribution in [3.05, 3.63) is 28.9 Å². The minimum Gasteiger partial charge on any atom is -0.486 e. The van der Waals surface area contributed by atoms with Crippen LogP contribution in [0.25, 0.3) is 17.0 Å². The Bertz CT molecular complexity index is 1360. The normalized spacial score (nSPS) is 18.6. The smallest absolute Gasteiger partial charge is 0.239 e. The summed E-state index contributed by atoms with van der Waals surface area (Å²) >= 11 is 6.17. The van der Waals surface area contributed by atoms with Gasteiger partial charge < -0.3 is 19.7 Å². The van der Waals surface area contributed by atoms with Gasteiger partial charge in [-0.2, -0.15) is 4.98 Å². The first-order valence-corrected chi connectivity index (χ1v) is 12.8. The van der Waals surface area contributed by atoms with E-state index in [0.29, 0.717) is 66.1 Å². The van der Waals surface area contributed by atoms with E-state index in [1.165, 1.54) is 6.26 Å². The number of hydrogen-bond acceptors (Lipinski definition) is 9. The first kappa shape index (κ1) is 22.2. The molecule has 0 amide bonds. The molecule has 33 heavy (non-hydrogen) atoms. The van der Waals surface area contributed by atoms with E-state index in [-0.39, 0.29) is 6.04 Å². The number of anilines is 2. The zero-order valence-electron chi connectivity index (χ0n) is 18.8. The number of morpholine rings is 1. The highest BCUT2D eigenvalue weighted by molar-refractivity contribution is 7.91. The highest BCUT2D eigenvalue weighted by Crippen LogP contribution is 2.43. The molecule has 0 spiro atoms. The first-order chi connectivity index (χ1) is 15.6. The molecule has 1 saturated heterocycles. The molecule has 2 aliphatic rings. The van der Waals surface area contributed by atoms with Gasteiger partial charge in [0.2, 0.25) is 11.9 Å². The van der Waals surface area contributed by atoms with Crippen LogP contribution in [0.15, 0.2) is 18.2 Å². The van der Waals surface area contributed by atoms with Gasteiger partial charge in [-0.25, -0.2) is 23.0 Å². The van der Waals surface area contributed by atoms with E-state index >= 15 is 0 Å². The number of aromatic nitrogens is 4. The van der Waals surface area contributed by atoms with E-state index in [2.05, 4.69) is 15.2 Å². The number of imidazole rings is 1. The molecule has 12 heteroatoms. The third-order valence-corrected chi connectivity index (χ3v) is 8.58. The van der Waals surface area contributed by atoms with Crippen molar-refractivity contribution in [1.82, 2.24) is 19.5 Å². The van der Waals surface area contributed by atoms with E-state index in [9.17, 15) is 8.42 Å². The number of nitrogens with one attached hydrogen (secondary N) is 1. The Kier molecular flexibility index (Phi) is 5.18. The molecule has 0 aliphatic carbocycles. The Morgan fingerprint density at radius 1 is 1.21 bits per heavy atom. The quantitative estimate of drug-likeness (QED) is 0.586. The van der Waals surface area contributed by atoms with Gasteiger partial charge in [0.1, 0.15) is 17.0 Å². The molecule has 2 aromatic heterocycles. The number of benzene rings is 1. The van der Waals surface area contributed by atoms with E-state index in [4.69, 9.17) is 31.0 Å². The van der Waals surface area contributed by atoms with E-state index in [1.807, 2.05) is 6.07 Å². The van der Waals surface area contributed by atoms with Crippen LogP contribution in [0.1, 0.15) is 19.5 Å². The minimum atomic E-state index is -3.54. The van der Waals surface area contributed by atoms with Crippen LogP contribution in [0.2, 0.25) is 5.02 Å². The molecule has 5 rings (SSSR count). The van der Waals surface area contributed by atoms with Crippen molar-refractivity contribution in [3.8, 4) is 11.7 Å². The number of fused-ring (bicyclic) bond motifs is 4. The third-order valence-electron chi connectivity index (χ3n) is 6.29. The molecule has 2 aliphatic heterocycles. The highest BCUT2D eigenvalue weighted by atomic mass is 35.5. The molecule has 4 heterocycles. The Labute approximate surface area is 196 Å². The van der Waals surface area contributed by atoms with E-state index < -0.39 is 14.6 Å². The molecule has 1 N–H and O–H groups in total. The van der Waals surface area contributed by atoms with Crippen LogP contribution in [0.4, 0.5) is 11.8 Å². The van der Waals surface area contributed by atoms with Crippen molar-refractivity contribution in [1.29, 1.82) is 0 Å². The maximum Gasteiger partial charge on any atom is 0.239 e. The number of hydrogen-bond donors (Lipinski definition) is 1. The maximum atomic E-state index is 12.8. The molecule has 1 aromatic carbocycles. The molecular weight excluding hydrogens is 468 g/mol. The second kappa shape index (κ2) is 7.71. The van der Waals surface area contributed by atoms with Crippen LogP contribution < -0.4 is 15.0 Å². The number of halogens is 1. The summed E-state index contributed by atoms with van der Waals surface area (Å²) in [7, 11) is -1.79. The molecule has 0 radical (unpaired) electrons.